The molecule has 1 aromatic carbocycles. The van der Waals surface area contributed by atoms with E-state index < -0.39 is 5.25 Å². The highest BCUT2D eigenvalue weighted by atomic mass is 32.1. The SMILES string of the molecule is Cc1ccc(C(S)[C]=O)cc1C. The Labute approximate surface area is 78.2 Å². The summed E-state index contributed by atoms with van der Waals surface area (Å²) < 4.78 is 0. The Morgan fingerprint density at radius 1 is 1.33 bits per heavy atom. The van der Waals surface area contributed by atoms with E-state index >= 15 is 0 Å². The summed E-state index contributed by atoms with van der Waals surface area (Å²) >= 11 is 4.08. The second kappa shape index (κ2) is 3.76. The van der Waals surface area contributed by atoms with Gasteiger partial charge < -0.3 is 0 Å². The second-order valence-electron chi connectivity index (χ2n) is 2.86. The van der Waals surface area contributed by atoms with Gasteiger partial charge in [-0.05, 0) is 30.5 Å². The Bertz CT molecular complexity index is 294. The molecule has 0 aliphatic heterocycles. The Morgan fingerprint density at radius 2 is 2.00 bits per heavy atom. The van der Waals surface area contributed by atoms with Gasteiger partial charge in [0.25, 0.3) is 0 Å². The number of rotatable bonds is 2. The molecule has 2 heteroatoms. The van der Waals surface area contributed by atoms with E-state index in [9.17, 15) is 4.79 Å². The standard InChI is InChI=1S/C10H11OS/c1-7-3-4-9(5-8(7)2)10(12)6-11/h3-5,10,12H,1-2H3. The van der Waals surface area contributed by atoms with Crippen LogP contribution in [0.15, 0.2) is 18.2 Å². The molecule has 1 atom stereocenters. The molecule has 1 rings (SSSR count). The normalized spacial score (nSPS) is 12.6. The van der Waals surface area contributed by atoms with Gasteiger partial charge in [0.05, 0.1) is 5.25 Å². The van der Waals surface area contributed by atoms with Crippen molar-refractivity contribution in [2.24, 2.45) is 0 Å². The Balaban J connectivity index is 3.04. The highest BCUT2D eigenvalue weighted by Gasteiger charge is 2.05. The van der Waals surface area contributed by atoms with Crippen LogP contribution in [0.25, 0.3) is 0 Å². The first-order valence-corrected chi connectivity index (χ1v) is 4.29. The van der Waals surface area contributed by atoms with Crippen LogP contribution in [-0.2, 0) is 4.79 Å². The molecular weight excluding hydrogens is 168 g/mol. The van der Waals surface area contributed by atoms with Crippen LogP contribution in [0.2, 0.25) is 0 Å². The van der Waals surface area contributed by atoms with E-state index in [1.165, 1.54) is 11.1 Å². The van der Waals surface area contributed by atoms with Crippen molar-refractivity contribution in [2.75, 3.05) is 0 Å². The van der Waals surface area contributed by atoms with Crippen LogP contribution in [0.4, 0.5) is 0 Å². The summed E-state index contributed by atoms with van der Waals surface area (Å²) in [6, 6.07) is 5.87. The maximum atomic E-state index is 10.3. The zero-order chi connectivity index (χ0) is 9.14. The Kier molecular flexibility index (Phi) is 2.93. The molecule has 0 aliphatic carbocycles. The number of benzene rings is 1. The molecule has 1 radical (unpaired) electrons. The first kappa shape index (κ1) is 9.33. The molecule has 0 bridgehead atoms. The van der Waals surface area contributed by atoms with Crippen molar-refractivity contribution in [1.29, 1.82) is 0 Å². The van der Waals surface area contributed by atoms with Crippen molar-refractivity contribution in [3.05, 3.63) is 34.9 Å². The summed E-state index contributed by atoms with van der Waals surface area (Å²) in [6.07, 6.45) is 1.84. The Hall–Kier alpha value is -0.760. The van der Waals surface area contributed by atoms with E-state index in [-0.39, 0.29) is 0 Å². The van der Waals surface area contributed by atoms with Crippen molar-refractivity contribution in [2.45, 2.75) is 19.1 Å². The van der Waals surface area contributed by atoms with Crippen LogP contribution in [0.1, 0.15) is 21.9 Å². The summed E-state index contributed by atoms with van der Waals surface area (Å²) in [4.78, 5) is 10.3. The zero-order valence-electron chi connectivity index (χ0n) is 7.16. The highest BCUT2D eigenvalue weighted by molar-refractivity contribution is 7.81. The van der Waals surface area contributed by atoms with E-state index in [1.807, 2.05) is 38.3 Å². The molecule has 1 nitrogen and oxygen atoms in total. The molecule has 0 heterocycles. The third kappa shape index (κ3) is 1.89. The lowest BCUT2D eigenvalue weighted by Crippen LogP contribution is -1.92. The van der Waals surface area contributed by atoms with Crippen LogP contribution in [0.5, 0.6) is 0 Å². The summed E-state index contributed by atoms with van der Waals surface area (Å²) in [5.41, 5.74) is 3.32. The lowest BCUT2D eigenvalue weighted by Gasteiger charge is -2.05. The molecule has 0 saturated carbocycles. The van der Waals surface area contributed by atoms with Gasteiger partial charge in [-0.15, -0.1) is 0 Å². The molecule has 63 valence electrons. The summed E-state index contributed by atoms with van der Waals surface area (Å²) in [5.74, 6) is 0. The van der Waals surface area contributed by atoms with Crippen LogP contribution < -0.4 is 0 Å². The minimum atomic E-state index is -0.413. The fourth-order valence-corrected chi connectivity index (χ4v) is 1.16. The van der Waals surface area contributed by atoms with Crippen molar-refractivity contribution in [3.8, 4) is 0 Å². The van der Waals surface area contributed by atoms with E-state index in [0.717, 1.165) is 5.56 Å². The largest absolute Gasteiger partial charge is 0.289 e. The smallest absolute Gasteiger partial charge is 0.216 e. The van der Waals surface area contributed by atoms with Crippen LogP contribution >= 0.6 is 12.6 Å². The number of hydrogen-bond donors (Lipinski definition) is 1. The summed E-state index contributed by atoms with van der Waals surface area (Å²) in [6.45, 7) is 4.06. The predicted molar refractivity (Wildman–Crippen MR) is 53.3 cm³/mol. The average Bonchev–Trinajstić information content (AvgIpc) is 2.08. The third-order valence-corrected chi connectivity index (χ3v) is 2.36. The van der Waals surface area contributed by atoms with Crippen LogP contribution in [0.3, 0.4) is 0 Å². The quantitative estimate of drug-likeness (QED) is 0.690. The van der Waals surface area contributed by atoms with Gasteiger partial charge in [0.1, 0.15) is 0 Å². The second-order valence-corrected chi connectivity index (χ2v) is 3.38. The molecule has 12 heavy (non-hydrogen) atoms. The zero-order valence-corrected chi connectivity index (χ0v) is 8.06. The molecule has 0 spiro atoms. The van der Waals surface area contributed by atoms with Gasteiger partial charge in [0.15, 0.2) is 0 Å². The molecule has 0 fully saturated rings. The molecule has 1 aromatic rings. The third-order valence-electron chi connectivity index (χ3n) is 1.96. The van der Waals surface area contributed by atoms with Crippen LogP contribution in [-0.4, -0.2) is 6.29 Å². The van der Waals surface area contributed by atoms with Crippen molar-refractivity contribution in [1.82, 2.24) is 0 Å². The van der Waals surface area contributed by atoms with Crippen molar-refractivity contribution < 1.29 is 4.79 Å². The predicted octanol–water partition coefficient (Wildman–Crippen LogP) is 2.38. The number of aryl methyl sites for hydroxylation is 2. The van der Waals surface area contributed by atoms with Gasteiger partial charge in [-0.25, -0.2) is 0 Å². The first-order valence-electron chi connectivity index (χ1n) is 3.78. The first-order chi connectivity index (χ1) is 5.65. The number of thiol groups is 1. The van der Waals surface area contributed by atoms with Crippen molar-refractivity contribution in [3.63, 3.8) is 0 Å². The molecule has 0 aromatic heterocycles. The van der Waals surface area contributed by atoms with Crippen LogP contribution in [0, 0.1) is 13.8 Å². The van der Waals surface area contributed by atoms with Crippen molar-refractivity contribution >= 4 is 18.9 Å². The molecule has 0 aliphatic rings. The lowest BCUT2D eigenvalue weighted by atomic mass is 10.0. The highest BCUT2D eigenvalue weighted by Crippen LogP contribution is 2.19. The molecular formula is C10H11OS. The summed E-state index contributed by atoms with van der Waals surface area (Å²) in [7, 11) is 0. The molecule has 0 saturated heterocycles. The Morgan fingerprint density at radius 3 is 2.50 bits per heavy atom. The maximum Gasteiger partial charge on any atom is 0.216 e. The van der Waals surface area contributed by atoms with Gasteiger partial charge >= 0.3 is 0 Å². The fraction of sp³-hybridized carbons (Fsp3) is 0.300. The average molecular weight is 179 g/mol. The minimum Gasteiger partial charge on any atom is -0.289 e. The van der Waals surface area contributed by atoms with Gasteiger partial charge in [-0.3, -0.25) is 4.79 Å². The molecule has 1 unspecified atom stereocenters. The van der Waals surface area contributed by atoms with E-state index in [0.29, 0.717) is 0 Å². The van der Waals surface area contributed by atoms with E-state index in [2.05, 4.69) is 12.6 Å². The lowest BCUT2D eigenvalue weighted by molar-refractivity contribution is 0.554. The topological polar surface area (TPSA) is 17.1 Å². The summed E-state index contributed by atoms with van der Waals surface area (Å²) in [5, 5.41) is -0.413. The van der Waals surface area contributed by atoms with Gasteiger partial charge in [0, 0.05) is 0 Å². The fourth-order valence-electron chi connectivity index (χ4n) is 1.00. The number of carbonyl (C=O) groups excluding carboxylic acids is 1. The number of hydrogen-bond acceptors (Lipinski definition) is 2. The maximum absolute atomic E-state index is 10.3. The van der Waals surface area contributed by atoms with E-state index in [4.69, 9.17) is 0 Å². The van der Waals surface area contributed by atoms with E-state index in [1.54, 1.807) is 0 Å². The van der Waals surface area contributed by atoms with Gasteiger partial charge in [0.2, 0.25) is 6.29 Å². The van der Waals surface area contributed by atoms with Gasteiger partial charge in [-0.2, -0.15) is 12.6 Å². The van der Waals surface area contributed by atoms with Gasteiger partial charge in [-0.1, -0.05) is 18.2 Å². The monoisotopic (exact) mass is 179 g/mol. The molecule has 0 amide bonds. The molecule has 0 N–H and O–H groups in total. The minimum absolute atomic E-state index is 0.413.